The highest BCUT2D eigenvalue weighted by Crippen LogP contribution is 2.23. The third-order valence-corrected chi connectivity index (χ3v) is 3.21. The van der Waals surface area contributed by atoms with Crippen molar-refractivity contribution in [3.8, 4) is 0 Å². The van der Waals surface area contributed by atoms with Gasteiger partial charge >= 0.3 is 11.9 Å². The lowest BCUT2D eigenvalue weighted by Gasteiger charge is -2.30. The van der Waals surface area contributed by atoms with Gasteiger partial charge in [0.2, 0.25) is 0 Å². The molecule has 1 aromatic carbocycles. The van der Waals surface area contributed by atoms with Crippen LogP contribution in [0.5, 0.6) is 0 Å². The standard InChI is InChI=1S/C14H16O4/c1-9-8-12(14(16)17-10(9)2)18-13(15)11-6-4-3-5-7-11/h3-7,9-10,12H,8H2,1-2H3/t9-,10?,12?/m1/s1. The third kappa shape index (κ3) is 2.70. The van der Waals surface area contributed by atoms with E-state index in [0.717, 1.165) is 0 Å². The predicted octanol–water partition coefficient (Wildman–Crippen LogP) is 2.18. The van der Waals surface area contributed by atoms with Crippen molar-refractivity contribution >= 4 is 11.9 Å². The summed E-state index contributed by atoms with van der Waals surface area (Å²) in [6.07, 6.45) is -0.397. The van der Waals surface area contributed by atoms with Crippen molar-refractivity contribution in [2.75, 3.05) is 0 Å². The summed E-state index contributed by atoms with van der Waals surface area (Å²) in [6.45, 7) is 3.82. The van der Waals surface area contributed by atoms with Gasteiger partial charge in [0.1, 0.15) is 6.10 Å². The average molecular weight is 248 g/mol. The van der Waals surface area contributed by atoms with Crippen LogP contribution in [0.3, 0.4) is 0 Å². The van der Waals surface area contributed by atoms with Crippen LogP contribution < -0.4 is 0 Å². The second kappa shape index (κ2) is 5.21. The molecule has 0 bridgehead atoms. The molecule has 18 heavy (non-hydrogen) atoms. The van der Waals surface area contributed by atoms with E-state index >= 15 is 0 Å². The molecule has 2 rings (SSSR count). The maximum atomic E-state index is 11.8. The summed E-state index contributed by atoms with van der Waals surface area (Å²) in [7, 11) is 0. The first-order chi connectivity index (χ1) is 8.58. The van der Waals surface area contributed by atoms with E-state index in [2.05, 4.69) is 0 Å². The molecule has 0 radical (unpaired) electrons. The molecule has 2 unspecified atom stereocenters. The topological polar surface area (TPSA) is 52.6 Å². The lowest BCUT2D eigenvalue weighted by molar-refractivity contribution is -0.170. The summed E-state index contributed by atoms with van der Waals surface area (Å²) >= 11 is 0. The Morgan fingerprint density at radius 2 is 1.94 bits per heavy atom. The van der Waals surface area contributed by atoms with Crippen molar-refractivity contribution in [2.24, 2.45) is 5.92 Å². The fourth-order valence-corrected chi connectivity index (χ4v) is 1.87. The first-order valence-electron chi connectivity index (χ1n) is 6.04. The molecule has 0 spiro atoms. The number of esters is 2. The molecular formula is C14H16O4. The van der Waals surface area contributed by atoms with E-state index in [-0.39, 0.29) is 12.0 Å². The summed E-state index contributed by atoms with van der Waals surface area (Å²) < 4.78 is 10.3. The van der Waals surface area contributed by atoms with Crippen molar-refractivity contribution in [2.45, 2.75) is 32.5 Å². The Hall–Kier alpha value is -1.84. The number of carbonyl (C=O) groups is 2. The maximum absolute atomic E-state index is 11.8. The molecule has 1 aliphatic heterocycles. The van der Waals surface area contributed by atoms with Gasteiger partial charge in [0.25, 0.3) is 0 Å². The van der Waals surface area contributed by atoms with Crippen LogP contribution in [0.15, 0.2) is 30.3 Å². The number of carbonyl (C=O) groups excluding carboxylic acids is 2. The number of ether oxygens (including phenoxy) is 2. The Kier molecular flexibility index (Phi) is 3.65. The van der Waals surface area contributed by atoms with Crippen molar-refractivity contribution in [3.05, 3.63) is 35.9 Å². The molecular weight excluding hydrogens is 232 g/mol. The molecule has 1 heterocycles. The summed E-state index contributed by atoms with van der Waals surface area (Å²) in [5.74, 6) is -0.750. The Balaban J connectivity index is 2.01. The molecule has 0 aliphatic carbocycles. The van der Waals surface area contributed by atoms with E-state index in [1.807, 2.05) is 19.9 Å². The molecule has 1 aromatic rings. The molecule has 96 valence electrons. The summed E-state index contributed by atoms with van der Waals surface area (Å²) in [6, 6.07) is 8.63. The third-order valence-electron chi connectivity index (χ3n) is 3.21. The molecule has 1 saturated heterocycles. The highest BCUT2D eigenvalue weighted by molar-refractivity contribution is 5.91. The van der Waals surface area contributed by atoms with Gasteiger partial charge in [-0.2, -0.15) is 0 Å². The SMILES string of the molecule is CC1OC(=O)C(OC(=O)c2ccccc2)C[C@H]1C. The van der Waals surface area contributed by atoms with Gasteiger partial charge < -0.3 is 9.47 Å². The Labute approximate surface area is 106 Å². The lowest BCUT2D eigenvalue weighted by Crippen LogP contribution is -2.41. The molecule has 0 aromatic heterocycles. The first-order valence-corrected chi connectivity index (χ1v) is 6.04. The number of cyclic esters (lactones) is 1. The minimum atomic E-state index is -0.788. The fourth-order valence-electron chi connectivity index (χ4n) is 1.87. The van der Waals surface area contributed by atoms with E-state index in [4.69, 9.17) is 9.47 Å². The summed E-state index contributed by atoms with van der Waals surface area (Å²) in [5, 5.41) is 0. The van der Waals surface area contributed by atoms with E-state index in [1.165, 1.54) is 0 Å². The average Bonchev–Trinajstić information content (AvgIpc) is 2.37. The molecule has 1 fully saturated rings. The van der Waals surface area contributed by atoms with Crippen LogP contribution in [0.1, 0.15) is 30.6 Å². The van der Waals surface area contributed by atoms with Crippen LogP contribution >= 0.6 is 0 Å². The van der Waals surface area contributed by atoms with E-state index in [0.29, 0.717) is 12.0 Å². The van der Waals surface area contributed by atoms with E-state index in [9.17, 15) is 9.59 Å². The van der Waals surface area contributed by atoms with Gasteiger partial charge in [-0.1, -0.05) is 25.1 Å². The second-order valence-electron chi connectivity index (χ2n) is 4.61. The zero-order valence-corrected chi connectivity index (χ0v) is 10.5. The number of rotatable bonds is 2. The normalized spacial score (nSPS) is 27.4. The van der Waals surface area contributed by atoms with Crippen LogP contribution in [0.2, 0.25) is 0 Å². The van der Waals surface area contributed by atoms with Gasteiger partial charge in [-0.15, -0.1) is 0 Å². The van der Waals surface area contributed by atoms with Crippen molar-refractivity contribution < 1.29 is 19.1 Å². The van der Waals surface area contributed by atoms with Crippen LogP contribution in [-0.2, 0) is 14.3 Å². The number of benzene rings is 1. The fraction of sp³-hybridized carbons (Fsp3) is 0.429. The minimum absolute atomic E-state index is 0.121. The summed E-state index contributed by atoms with van der Waals surface area (Å²) in [4.78, 5) is 23.4. The molecule has 3 atom stereocenters. The van der Waals surface area contributed by atoms with Crippen molar-refractivity contribution in [1.82, 2.24) is 0 Å². The van der Waals surface area contributed by atoms with Gasteiger partial charge in [0.15, 0.2) is 6.10 Å². The van der Waals surface area contributed by atoms with Crippen LogP contribution in [0, 0.1) is 5.92 Å². The van der Waals surface area contributed by atoms with E-state index in [1.54, 1.807) is 24.3 Å². The molecule has 0 N–H and O–H groups in total. The zero-order valence-electron chi connectivity index (χ0n) is 10.5. The van der Waals surface area contributed by atoms with Crippen molar-refractivity contribution in [1.29, 1.82) is 0 Å². The Morgan fingerprint density at radius 1 is 1.28 bits per heavy atom. The number of hydrogen-bond acceptors (Lipinski definition) is 4. The molecule has 1 aliphatic rings. The van der Waals surface area contributed by atoms with Crippen LogP contribution in [-0.4, -0.2) is 24.1 Å². The molecule has 4 heteroatoms. The molecule has 0 saturated carbocycles. The summed E-state index contributed by atoms with van der Waals surface area (Å²) in [5.41, 5.74) is 0.441. The Morgan fingerprint density at radius 3 is 2.61 bits per heavy atom. The quantitative estimate of drug-likeness (QED) is 0.753. The van der Waals surface area contributed by atoms with E-state index < -0.39 is 18.0 Å². The predicted molar refractivity (Wildman–Crippen MR) is 65.0 cm³/mol. The van der Waals surface area contributed by atoms with Gasteiger partial charge in [-0.05, 0) is 25.0 Å². The largest absolute Gasteiger partial charge is 0.460 e. The zero-order chi connectivity index (χ0) is 13.1. The maximum Gasteiger partial charge on any atom is 0.347 e. The lowest BCUT2D eigenvalue weighted by atomic mass is 9.95. The van der Waals surface area contributed by atoms with Crippen molar-refractivity contribution in [3.63, 3.8) is 0 Å². The highest BCUT2D eigenvalue weighted by atomic mass is 16.6. The smallest absolute Gasteiger partial charge is 0.347 e. The van der Waals surface area contributed by atoms with Gasteiger partial charge in [-0.25, -0.2) is 9.59 Å². The highest BCUT2D eigenvalue weighted by Gasteiger charge is 2.35. The molecule has 0 amide bonds. The van der Waals surface area contributed by atoms with Gasteiger partial charge in [0.05, 0.1) is 5.56 Å². The van der Waals surface area contributed by atoms with Crippen LogP contribution in [0.4, 0.5) is 0 Å². The van der Waals surface area contributed by atoms with Gasteiger partial charge in [0, 0.05) is 6.42 Å². The van der Waals surface area contributed by atoms with Gasteiger partial charge in [-0.3, -0.25) is 0 Å². The molecule has 4 nitrogen and oxygen atoms in total. The second-order valence-corrected chi connectivity index (χ2v) is 4.61. The monoisotopic (exact) mass is 248 g/mol. The Bertz CT molecular complexity index is 440. The van der Waals surface area contributed by atoms with Crippen LogP contribution in [0.25, 0.3) is 0 Å². The number of hydrogen-bond donors (Lipinski definition) is 0. The first kappa shape index (κ1) is 12.6. The minimum Gasteiger partial charge on any atom is -0.460 e.